The van der Waals surface area contributed by atoms with Gasteiger partial charge in [-0.3, -0.25) is 4.79 Å². The molecular formula is C19H19FN4O2. The maximum atomic E-state index is 13.2. The average Bonchev–Trinajstić information content (AvgIpc) is 2.86. The fourth-order valence-electron chi connectivity index (χ4n) is 3.01. The minimum atomic E-state index is -0.486. The molecule has 0 saturated carbocycles. The van der Waals surface area contributed by atoms with E-state index >= 15 is 0 Å². The smallest absolute Gasteiger partial charge is 0.283 e. The number of fused-ring (bicyclic) bond motifs is 1. The van der Waals surface area contributed by atoms with E-state index in [1.165, 1.54) is 18.2 Å². The van der Waals surface area contributed by atoms with Gasteiger partial charge in [0.15, 0.2) is 5.69 Å². The molecule has 2 aromatic carbocycles. The van der Waals surface area contributed by atoms with Gasteiger partial charge >= 0.3 is 0 Å². The maximum absolute atomic E-state index is 13.2. The molecule has 0 aliphatic rings. The minimum Gasteiger partial charge on any atom is -0.493 e. The fourth-order valence-corrected chi connectivity index (χ4v) is 3.01. The molecule has 0 aliphatic heterocycles. The topological polar surface area (TPSA) is 89.8 Å². The summed E-state index contributed by atoms with van der Waals surface area (Å²) in [7, 11) is 0. The summed E-state index contributed by atoms with van der Waals surface area (Å²) in [6.45, 7) is 5.93. The summed E-state index contributed by atoms with van der Waals surface area (Å²) in [5.41, 5.74) is 4.63. The van der Waals surface area contributed by atoms with Gasteiger partial charge in [-0.25, -0.2) is 4.39 Å². The van der Waals surface area contributed by atoms with Crippen LogP contribution in [0.25, 0.3) is 10.9 Å². The molecule has 1 amide bonds. The summed E-state index contributed by atoms with van der Waals surface area (Å²) in [6.07, 6.45) is 0. The Morgan fingerprint density at radius 1 is 1.19 bits per heavy atom. The first-order chi connectivity index (χ1) is 12.3. The van der Waals surface area contributed by atoms with E-state index in [2.05, 4.69) is 20.5 Å². The van der Waals surface area contributed by atoms with E-state index in [9.17, 15) is 14.3 Å². The number of carbonyl (C=O) groups excluding carboxylic acids is 1. The number of aromatic nitrogens is 1. The Labute approximate surface area is 149 Å². The van der Waals surface area contributed by atoms with Gasteiger partial charge in [-0.1, -0.05) is 17.7 Å². The first-order valence-electron chi connectivity index (χ1n) is 8.11. The van der Waals surface area contributed by atoms with Crippen LogP contribution in [0.1, 0.15) is 16.7 Å². The zero-order chi connectivity index (χ0) is 18.8. The highest BCUT2D eigenvalue weighted by Gasteiger charge is 2.12. The van der Waals surface area contributed by atoms with Crippen LogP contribution in [0.4, 0.5) is 15.8 Å². The second-order valence-corrected chi connectivity index (χ2v) is 6.23. The summed E-state index contributed by atoms with van der Waals surface area (Å²) in [6, 6.07) is 8.02. The van der Waals surface area contributed by atoms with Crippen LogP contribution in [0.3, 0.4) is 0 Å². The Balaban J connectivity index is 1.74. The largest absolute Gasteiger partial charge is 0.493 e. The third-order valence-electron chi connectivity index (χ3n) is 4.07. The zero-order valence-electron chi connectivity index (χ0n) is 14.7. The molecule has 3 aromatic rings. The van der Waals surface area contributed by atoms with Crippen LogP contribution in [-0.2, 0) is 4.79 Å². The Morgan fingerprint density at radius 2 is 1.88 bits per heavy atom. The highest BCUT2D eigenvalue weighted by atomic mass is 19.1. The Bertz CT molecular complexity index is 1000. The predicted octanol–water partition coefficient (Wildman–Crippen LogP) is 4.66. The lowest BCUT2D eigenvalue weighted by molar-refractivity contribution is -0.116. The number of carbonyl (C=O) groups is 1. The van der Waals surface area contributed by atoms with Gasteiger partial charge in [-0.2, -0.15) is 0 Å². The molecule has 0 unspecified atom stereocenters. The summed E-state index contributed by atoms with van der Waals surface area (Å²) >= 11 is 0. The first-order valence-corrected chi connectivity index (χ1v) is 8.11. The summed E-state index contributed by atoms with van der Waals surface area (Å²) < 4.78 is 13.2. The van der Waals surface area contributed by atoms with Crippen LogP contribution in [0.15, 0.2) is 40.6 Å². The van der Waals surface area contributed by atoms with Crippen molar-refractivity contribution in [1.82, 2.24) is 4.98 Å². The number of halogens is 1. The van der Waals surface area contributed by atoms with E-state index in [0.29, 0.717) is 10.9 Å². The van der Waals surface area contributed by atoms with E-state index in [4.69, 9.17) is 0 Å². The Hall–Kier alpha value is -3.22. The van der Waals surface area contributed by atoms with Crippen LogP contribution in [0.5, 0.6) is 5.88 Å². The second-order valence-electron chi connectivity index (χ2n) is 6.23. The summed E-state index contributed by atoms with van der Waals surface area (Å²) in [5.74, 6) is -1.19. The Morgan fingerprint density at radius 3 is 2.58 bits per heavy atom. The number of nitrogens with one attached hydrogen (secondary N) is 2. The fraction of sp³-hybridized carbons (Fsp3) is 0.211. The van der Waals surface area contributed by atoms with Gasteiger partial charge in [0.1, 0.15) is 5.82 Å². The molecule has 134 valence electrons. The molecule has 3 N–H and O–H groups in total. The van der Waals surface area contributed by atoms with Gasteiger partial charge in [0.2, 0.25) is 5.88 Å². The van der Waals surface area contributed by atoms with Crippen molar-refractivity contribution in [3.05, 3.63) is 52.8 Å². The van der Waals surface area contributed by atoms with Crippen molar-refractivity contribution in [2.24, 2.45) is 10.2 Å². The monoisotopic (exact) mass is 354 g/mol. The number of H-pyrrole nitrogens is 1. The molecule has 6 nitrogen and oxygen atoms in total. The third-order valence-corrected chi connectivity index (χ3v) is 4.07. The number of azo groups is 1. The molecule has 0 spiro atoms. The van der Waals surface area contributed by atoms with Crippen molar-refractivity contribution in [1.29, 1.82) is 0 Å². The standard InChI is InChI=1S/C19H19FN4O2/c1-10-6-11(2)17(12(3)7-10)21-9-16(25)23-24-18-14-5-4-13(20)8-15(14)22-19(18)26/h4-8,21-22,26H,9H2,1-3H3. The lowest BCUT2D eigenvalue weighted by atomic mass is 10.1. The van der Waals surface area contributed by atoms with E-state index in [0.717, 1.165) is 22.4 Å². The number of amides is 1. The van der Waals surface area contributed by atoms with Crippen molar-refractivity contribution < 1.29 is 14.3 Å². The number of rotatable bonds is 4. The highest BCUT2D eigenvalue weighted by Crippen LogP contribution is 2.35. The van der Waals surface area contributed by atoms with Crippen molar-refractivity contribution in [2.75, 3.05) is 11.9 Å². The van der Waals surface area contributed by atoms with Crippen molar-refractivity contribution in [3.63, 3.8) is 0 Å². The van der Waals surface area contributed by atoms with Crippen molar-refractivity contribution in [2.45, 2.75) is 20.8 Å². The molecule has 7 heteroatoms. The molecule has 1 aromatic heterocycles. The van der Waals surface area contributed by atoms with Gasteiger partial charge in [0.25, 0.3) is 5.91 Å². The van der Waals surface area contributed by atoms with E-state index in [1.807, 2.05) is 32.9 Å². The lowest BCUT2D eigenvalue weighted by Crippen LogP contribution is -2.12. The van der Waals surface area contributed by atoms with Crippen LogP contribution in [0, 0.1) is 26.6 Å². The molecule has 0 atom stereocenters. The maximum Gasteiger partial charge on any atom is 0.283 e. The van der Waals surface area contributed by atoms with Crippen LogP contribution < -0.4 is 5.32 Å². The third kappa shape index (κ3) is 3.56. The van der Waals surface area contributed by atoms with Crippen molar-refractivity contribution in [3.8, 4) is 5.88 Å². The van der Waals surface area contributed by atoms with Crippen molar-refractivity contribution >= 4 is 28.2 Å². The SMILES string of the molecule is Cc1cc(C)c(NCC(=O)N=Nc2c(O)[nH]c3cc(F)ccc23)c(C)c1. The van der Waals surface area contributed by atoms with Crippen LogP contribution in [-0.4, -0.2) is 22.5 Å². The quantitative estimate of drug-likeness (QED) is 0.595. The zero-order valence-corrected chi connectivity index (χ0v) is 14.7. The second kappa shape index (κ2) is 6.95. The number of hydrogen-bond donors (Lipinski definition) is 3. The summed E-state index contributed by atoms with van der Waals surface area (Å²) in [5, 5.41) is 20.9. The molecule has 0 bridgehead atoms. The average molecular weight is 354 g/mol. The number of hydrogen-bond acceptors (Lipinski definition) is 4. The normalized spacial score (nSPS) is 11.4. The highest BCUT2D eigenvalue weighted by molar-refractivity contribution is 5.94. The van der Waals surface area contributed by atoms with Gasteiger partial charge in [-0.15, -0.1) is 10.2 Å². The first kappa shape index (κ1) is 17.6. The number of anilines is 1. The van der Waals surface area contributed by atoms with Gasteiger partial charge in [0.05, 0.1) is 12.1 Å². The molecule has 0 saturated heterocycles. The number of nitrogens with zero attached hydrogens (tertiary/aromatic N) is 2. The molecule has 0 radical (unpaired) electrons. The molecule has 26 heavy (non-hydrogen) atoms. The molecule has 1 heterocycles. The summed E-state index contributed by atoms with van der Waals surface area (Å²) in [4.78, 5) is 14.6. The molecular weight excluding hydrogens is 335 g/mol. The number of aromatic amines is 1. The molecule has 0 aliphatic carbocycles. The van der Waals surface area contributed by atoms with E-state index in [-0.39, 0.29) is 18.1 Å². The van der Waals surface area contributed by atoms with Gasteiger partial charge < -0.3 is 15.4 Å². The number of aryl methyl sites for hydroxylation is 3. The van der Waals surface area contributed by atoms with Crippen LogP contribution >= 0.6 is 0 Å². The number of benzene rings is 2. The van der Waals surface area contributed by atoms with Crippen LogP contribution in [0.2, 0.25) is 0 Å². The van der Waals surface area contributed by atoms with E-state index < -0.39 is 11.7 Å². The Kier molecular flexibility index (Phi) is 4.71. The lowest BCUT2D eigenvalue weighted by Gasteiger charge is -2.12. The van der Waals surface area contributed by atoms with Gasteiger partial charge in [-0.05, 0) is 50.1 Å². The van der Waals surface area contributed by atoms with Gasteiger partial charge in [0, 0.05) is 11.1 Å². The minimum absolute atomic E-state index is 0.0218. The predicted molar refractivity (Wildman–Crippen MR) is 98.6 cm³/mol. The molecule has 3 rings (SSSR count). The molecule has 0 fully saturated rings. The number of aromatic hydroxyl groups is 1. The van der Waals surface area contributed by atoms with E-state index in [1.54, 1.807) is 0 Å².